The Labute approximate surface area is 76.8 Å². The summed E-state index contributed by atoms with van der Waals surface area (Å²) in [6.45, 7) is 12.2. The van der Waals surface area contributed by atoms with Crippen molar-refractivity contribution in [3.63, 3.8) is 0 Å². The average molecular weight is 170 g/mol. The van der Waals surface area contributed by atoms with Gasteiger partial charge in [-0.3, -0.25) is 0 Å². The molecular formula is C11H22O. The summed E-state index contributed by atoms with van der Waals surface area (Å²) in [6.07, 6.45) is 2.95. The van der Waals surface area contributed by atoms with E-state index < -0.39 is 0 Å². The standard InChI is InChI=1S/C6H8O.C3H8.C2H6/c1-5-3-4-7-6(5)2;1-3-2;1-2/h3-4H,1-2H3;3H2,1-2H3;1-2H3. The molecule has 0 spiro atoms. The Hall–Kier alpha value is -0.720. The Morgan fingerprint density at radius 2 is 1.58 bits per heavy atom. The van der Waals surface area contributed by atoms with E-state index in [0.29, 0.717) is 0 Å². The highest BCUT2D eigenvalue weighted by Gasteiger charge is 1.88. The molecule has 1 heteroatoms. The van der Waals surface area contributed by atoms with E-state index in [1.165, 1.54) is 12.0 Å². The number of hydrogen-bond donors (Lipinski definition) is 0. The molecule has 0 aliphatic rings. The molecule has 1 rings (SSSR count). The van der Waals surface area contributed by atoms with Crippen LogP contribution in [0.25, 0.3) is 0 Å². The molecule has 1 heterocycles. The highest BCUT2D eigenvalue weighted by Crippen LogP contribution is 2.04. The Morgan fingerprint density at radius 3 is 1.67 bits per heavy atom. The fourth-order valence-electron chi connectivity index (χ4n) is 0.448. The predicted octanol–water partition coefficient (Wildman–Crippen LogP) is 4.34. The average Bonchev–Trinajstić information content (AvgIpc) is 2.42. The zero-order valence-electron chi connectivity index (χ0n) is 9.27. The van der Waals surface area contributed by atoms with Gasteiger partial charge in [-0.2, -0.15) is 0 Å². The first-order valence-electron chi connectivity index (χ1n) is 4.73. The van der Waals surface area contributed by atoms with Crippen molar-refractivity contribution in [1.29, 1.82) is 0 Å². The zero-order valence-corrected chi connectivity index (χ0v) is 9.27. The highest BCUT2D eigenvalue weighted by molar-refractivity contribution is 5.11. The smallest absolute Gasteiger partial charge is 0.103 e. The molecule has 0 radical (unpaired) electrons. The zero-order chi connectivity index (χ0) is 9.98. The maximum absolute atomic E-state index is 4.96. The lowest BCUT2D eigenvalue weighted by atomic mass is 10.3. The van der Waals surface area contributed by atoms with Crippen molar-refractivity contribution in [1.82, 2.24) is 0 Å². The van der Waals surface area contributed by atoms with Gasteiger partial charge in [0.1, 0.15) is 5.76 Å². The Balaban J connectivity index is 0. The second kappa shape index (κ2) is 10.3. The van der Waals surface area contributed by atoms with Crippen LogP contribution in [0, 0.1) is 13.8 Å². The third-order valence-electron chi connectivity index (χ3n) is 1.12. The summed E-state index contributed by atoms with van der Waals surface area (Å²) in [6, 6.07) is 1.95. The molecule has 0 N–H and O–H groups in total. The molecule has 0 atom stereocenters. The minimum absolute atomic E-state index is 1.01. The van der Waals surface area contributed by atoms with Crippen molar-refractivity contribution in [3.8, 4) is 0 Å². The van der Waals surface area contributed by atoms with Crippen molar-refractivity contribution in [2.24, 2.45) is 0 Å². The van der Waals surface area contributed by atoms with Gasteiger partial charge in [-0.05, 0) is 25.5 Å². The van der Waals surface area contributed by atoms with Gasteiger partial charge in [0.15, 0.2) is 0 Å². The van der Waals surface area contributed by atoms with E-state index in [1.54, 1.807) is 6.26 Å². The third-order valence-corrected chi connectivity index (χ3v) is 1.12. The van der Waals surface area contributed by atoms with Gasteiger partial charge in [0.2, 0.25) is 0 Å². The molecular weight excluding hydrogens is 148 g/mol. The van der Waals surface area contributed by atoms with E-state index >= 15 is 0 Å². The number of furan rings is 1. The number of aryl methyl sites for hydroxylation is 2. The van der Waals surface area contributed by atoms with Crippen molar-refractivity contribution in [2.75, 3.05) is 0 Å². The normalized spacial score (nSPS) is 7.50. The van der Waals surface area contributed by atoms with Crippen LogP contribution in [0.5, 0.6) is 0 Å². The summed E-state index contributed by atoms with van der Waals surface area (Å²) in [7, 11) is 0. The quantitative estimate of drug-likeness (QED) is 0.564. The SMILES string of the molecule is CC.CCC.Cc1ccoc1C. The lowest BCUT2D eigenvalue weighted by molar-refractivity contribution is 0.532. The predicted molar refractivity (Wildman–Crippen MR) is 55.5 cm³/mol. The van der Waals surface area contributed by atoms with E-state index in [1.807, 2.05) is 33.8 Å². The first kappa shape index (κ1) is 13.8. The Morgan fingerprint density at radius 1 is 1.17 bits per heavy atom. The van der Waals surface area contributed by atoms with Gasteiger partial charge < -0.3 is 4.42 Å². The van der Waals surface area contributed by atoms with E-state index in [-0.39, 0.29) is 0 Å². The molecule has 1 aromatic rings. The van der Waals surface area contributed by atoms with Gasteiger partial charge in [0.25, 0.3) is 0 Å². The van der Waals surface area contributed by atoms with Crippen LogP contribution in [0.4, 0.5) is 0 Å². The van der Waals surface area contributed by atoms with Crippen LogP contribution in [0.2, 0.25) is 0 Å². The molecule has 0 saturated heterocycles. The first-order valence-corrected chi connectivity index (χ1v) is 4.73. The lowest BCUT2D eigenvalue weighted by Gasteiger charge is -1.79. The van der Waals surface area contributed by atoms with Gasteiger partial charge in [-0.1, -0.05) is 34.1 Å². The number of hydrogen-bond acceptors (Lipinski definition) is 1. The fourth-order valence-corrected chi connectivity index (χ4v) is 0.448. The van der Waals surface area contributed by atoms with Gasteiger partial charge in [0.05, 0.1) is 6.26 Å². The summed E-state index contributed by atoms with van der Waals surface area (Å²) in [5.74, 6) is 1.01. The van der Waals surface area contributed by atoms with Crippen LogP contribution in [0.15, 0.2) is 16.7 Å². The van der Waals surface area contributed by atoms with Crippen LogP contribution in [0.3, 0.4) is 0 Å². The van der Waals surface area contributed by atoms with Crippen molar-refractivity contribution < 1.29 is 4.42 Å². The molecule has 0 amide bonds. The van der Waals surface area contributed by atoms with E-state index in [2.05, 4.69) is 13.8 Å². The third kappa shape index (κ3) is 7.39. The summed E-state index contributed by atoms with van der Waals surface area (Å²) in [5.41, 5.74) is 1.22. The molecule has 0 aliphatic carbocycles. The van der Waals surface area contributed by atoms with Gasteiger partial charge in [0, 0.05) is 0 Å². The second-order valence-electron chi connectivity index (χ2n) is 2.37. The van der Waals surface area contributed by atoms with Gasteiger partial charge >= 0.3 is 0 Å². The van der Waals surface area contributed by atoms with Crippen LogP contribution in [-0.2, 0) is 0 Å². The molecule has 1 aromatic heterocycles. The van der Waals surface area contributed by atoms with Gasteiger partial charge in [-0.25, -0.2) is 0 Å². The molecule has 72 valence electrons. The van der Waals surface area contributed by atoms with Gasteiger partial charge in [-0.15, -0.1) is 0 Å². The van der Waals surface area contributed by atoms with Crippen LogP contribution in [-0.4, -0.2) is 0 Å². The maximum Gasteiger partial charge on any atom is 0.103 e. The van der Waals surface area contributed by atoms with E-state index in [0.717, 1.165) is 5.76 Å². The Kier molecular flexibility index (Phi) is 11.9. The molecule has 1 nitrogen and oxygen atoms in total. The topological polar surface area (TPSA) is 13.1 Å². The van der Waals surface area contributed by atoms with Crippen molar-refractivity contribution in [2.45, 2.75) is 48.0 Å². The minimum atomic E-state index is 1.01. The lowest BCUT2D eigenvalue weighted by Crippen LogP contribution is -1.63. The number of rotatable bonds is 0. The van der Waals surface area contributed by atoms with E-state index in [4.69, 9.17) is 4.42 Å². The summed E-state index contributed by atoms with van der Waals surface area (Å²) >= 11 is 0. The molecule has 0 aromatic carbocycles. The molecule has 12 heavy (non-hydrogen) atoms. The Bertz CT molecular complexity index is 149. The van der Waals surface area contributed by atoms with Crippen molar-refractivity contribution >= 4 is 0 Å². The summed E-state index contributed by atoms with van der Waals surface area (Å²) in [5, 5.41) is 0. The molecule has 0 saturated carbocycles. The largest absolute Gasteiger partial charge is 0.469 e. The van der Waals surface area contributed by atoms with E-state index in [9.17, 15) is 0 Å². The monoisotopic (exact) mass is 170 g/mol. The van der Waals surface area contributed by atoms with Crippen molar-refractivity contribution in [3.05, 3.63) is 23.7 Å². The van der Waals surface area contributed by atoms with Crippen LogP contribution >= 0.6 is 0 Å². The van der Waals surface area contributed by atoms with Crippen LogP contribution in [0.1, 0.15) is 45.4 Å². The highest BCUT2D eigenvalue weighted by atomic mass is 16.3. The summed E-state index contributed by atoms with van der Waals surface area (Å²) in [4.78, 5) is 0. The fraction of sp³-hybridized carbons (Fsp3) is 0.636. The maximum atomic E-state index is 4.96. The first-order chi connectivity index (χ1) is 5.72. The van der Waals surface area contributed by atoms with Crippen LogP contribution < -0.4 is 0 Å². The molecule has 0 unspecified atom stereocenters. The second-order valence-corrected chi connectivity index (χ2v) is 2.37. The molecule has 0 aliphatic heterocycles. The molecule has 0 bridgehead atoms. The molecule has 0 fully saturated rings. The summed E-state index contributed by atoms with van der Waals surface area (Å²) < 4.78 is 4.96. The minimum Gasteiger partial charge on any atom is -0.469 e.